The fraction of sp³-hybridized carbons (Fsp3) is 0.150. The van der Waals surface area contributed by atoms with E-state index in [0.717, 1.165) is 0 Å². The molecule has 2 heterocycles. The summed E-state index contributed by atoms with van der Waals surface area (Å²) in [7, 11) is 0. The number of hydrogen-bond acceptors (Lipinski definition) is 5. The fourth-order valence-corrected chi connectivity index (χ4v) is 3.12. The summed E-state index contributed by atoms with van der Waals surface area (Å²) in [4.78, 5) is 28.4. The third kappa shape index (κ3) is 3.57. The van der Waals surface area contributed by atoms with E-state index in [2.05, 4.69) is 15.6 Å². The number of hydrogen-bond donors (Lipinski definition) is 2. The number of amides is 2. The second-order valence-corrected chi connectivity index (χ2v) is 6.65. The first-order valence-corrected chi connectivity index (χ1v) is 8.96. The van der Waals surface area contributed by atoms with Crippen LogP contribution in [0.25, 0.3) is 11.5 Å². The molecule has 8 heteroatoms. The quantitative estimate of drug-likeness (QED) is 0.698. The third-order valence-electron chi connectivity index (χ3n) is 4.24. The van der Waals surface area contributed by atoms with Crippen molar-refractivity contribution in [3.8, 4) is 17.2 Å². The average Bonchev–Trinajstić information content (AvgIpc) is 3.02. The first-order chi connectivity index (χ1) is 13.5. The molecule has 2 aromatic carbocycles. The number of oxazole rings is 1. The standard InChI is InChI=1S/C20H16ClN3O4/c1-11-16(24-20(28-11)12-5-2-3-6-13(12)21)9-17(25)22-14-7-4-8-15-19(14)27-10-18(26)23-15/h2-8H,9-10H2,1H3,(H,22,25)(H,23,26). The molecule has 7 nitrogen and oxygen atoms in total. The van der Waals surface area contributed by atoms with Crippen LogP contribution in [0.5, 0.6) is 5.75 Å². The zero-order valence-corrected chi connectivity index (χ0v) is 15.7. The predicted octanol–water partition coefficient (Wildman–Crippen LogP) is 3.82. The van der Waals surface area contributed by atoms with Crippen LogP contribution in [0.4, 0.5) is 11.4 Å². The SMILES string of the molecule is Cc1oc(-c2ccccc2Cl)nc1CC(=O)Nc1cccc2c1OCC(=O)N2. The van der Waals surface area contributed by atoms with Crippen molar-refractivity contribution in [2.75, 3.05) is 17.2 Å². The van der Waals surface area contributed by atoms with Crippen LogP contribution in [-0.2, 0) is 16.0 Å². The van der Waals surface area contributed by atoms with Gasteiger partial charge in [-0.25, -0.2) is 4.98 Å². The molecule has 0 radical (unpaired) electrons. The lowest BCUT2D eigenvalue weighted by Gasteiger charge is -2.20. The van der Waals surface area contributed by atoms with Gasteiger partial charge < -0.3 is 19.8 Å². The molecule has 2 N–H and O–H groups in total. The van der Waals surface area contributed by atoms with Crippen LogP contribution in [-0.4, -0.2) is 23.4 Å². The number of carbonyl (C=O) groups excluding carboxylic acids is 2. The highest BCUT2D eigenvalue weighted by Crippen LogP contribution is 2.35. The molecule has 1 aliphatic rings. The second kappa shape index (κ2) is 7.36. The van der Waals surface area contributed by atoms with Crippen molar-refractivity contribution in [2.24, 2.45) is 0 Å². The van der Waals surface area contributed by atoms with Gasteiger partial charge in [0.15, 0.2) is 12.4 Å². The number of carbonyl (C=O) groups is 2. The molecule has 1 aliphatic heterocycles. The van der Waals surface area contributed by atoms with Crippen LogP contribution in [0.3, 0.4) is 0 Å². The van der Waals surface area contributed by atoms with Crippen molar-refractivity contribution in [1.29, 1.82) is 0 Å². The van der Waals surface area contributed by atoms with Crippen LogP contribution in [0, 0.1) is 6.92 Å². The van der Waals surface area contributed by atoms with Gasteiger partial charge in [-0.3, -0.25) is 9.59 Å². The van der Waals surface area contributed by atoms with Crippen LogP contribution in [0.1, 0.15) is 11.5 Å². The number of anilines is 2. The average molecular weight is 398 g/mol. The monoisotopic (exact) mass is 397 g/mol. The van der Waals surface area contributed by atoms with Gasteiger partial charge in [-0.15, -0.1) is 0 Å². The Hall–Kier alpha value is -3.32. The van der Waals surface area contributed by atoms with E-state index in [1.54, 1.807) is 37.3 Å². The van der Waals surface area contributed by atoms with E-state index in [4.69, 9.17) is 20.8 Å². The number of benzene rings is 2. The van der Waals surface area contributed by atoms with Gasteiger partial charge in [0.1, 0.15) is 5.76 Å². The predicted molar refractivity (Wildman–Crippen MR) is 105 cm³/mol. The summed E-state index contributed by atoms with van der Waals surface area (Å²) in [6, 6.07) is 12.4. The topological polar surface area (TPSA) is 93.5 Å². The number of aryl methyl sites for hydroxylation is 1. The highest BCUT2D eigenvalue weighted by atomic mass is 35.5. The Morgan fingerprint density at radius 3 is 2.89 bits per heavy atom. The molecular formula is C20H16ClN3O4. The van der Waals surface area contributed by atoms with Crippen LogP contribution >= 0.6 is 11.6 Å². The van der Waals surface area contributed by atoms with Crippen molar-refractivity contribution in [3.63, 3.8) is 0 Å². The Balaban J connectivity index is 1.52. The first kappa shape index (κ1) is 18.1. The maximum absolute atomic E-state index is 12.5. The van der Waals surface area contributed by atoms with E-state index in [1.807, 2.05) is 12.1 Å². The number of ether oxygens (including phenoxy) is 1. The van der Waals surface area contributed by atoms with E-state index >= 15 is 0 Å². The lowest BCUT2D eigenvalue weighted by Crippen LogP contribution is -2.26. The van der Waals surface area contributed by atoms with Crippen molar-refractivity contribution in [2.45, 2.75) is 13.3 Å². The van der Waals surface area contributed by atoms with Gasteiger partial charge in [0.25, 0.3) is 5.91 Å². The highest BCUT2D eigenvalue weighted by molar-refractivity contribution is 6.33. The zero-order chi connectivity index (χ0) is 19.7. The molecule has 28 heavy (non-hydrogen) atoms. The van der Waals surface area contributed by atoms with Crippen molar-refractivity contribution >= 4 is 34.8 Å². The number of nitrogens with one attached hydrogen (secondary N) is 2. The minimum Gasteiger partial charge on any atom is -0.479 e. The van der Waals surface area contributed by atoms with Gasteiger partial charge >= 0.3 is 0 Å². The maximum atomic E-state index is 12.5. The number of nitrogens with zero attached hydrogens (tertiary/aromatic N) is 1. The van der Waals surface area contributed by atoms with E-state index in [0.29, 0.717) is 45.1 Å². The summed E-state index contributed by atoms with van der Waals surface area (Å²) in [5.41, 5.74) is 2.19. The van der Waals surface area contributed by atoms with E-state index in [-0.39, 0.29) is 24.8 Å². The van der Waals surface area contributed by atoms with E-state index in [1.165, 1.54) is 0 Å². The Morgan fingerprint density at radius 1 is 1.25 bits per heavy atom. The Kier molecular flexibility index (Phi) is 4.75. The molecule has 142 valence electrons. The number of fused-ring (bicyclic) bond motifs is 1. The molecule has 2 amide bonds. The molecule has 0 atom stereocenters. The normalized spacial score (nSPS) is 12.7. The minimum atomic E-state index is -0.281. The smallest absolute Gasteiger partial charge is 0.262 e. The number of halogens is 1. The Bertz CT molecular complexity index is 1080. The van der Waals surface area contributed by atoms with Crippen molar-refractivity contribution in [3.05, 3.63) is 58.9 Å². The summed E-state index contributed by atoms with van der Waals surface area (Å²) in [5, 5.41) is 6.03. The first-order valence-electron chi connectivity index (χ1n) is 8.58. The van der Waals surface area contributed by atoms with Crippen LogP contribution < -0.4 is 15.4 Å². The maximum Gasteiger partial charge on any atom is 0.262 e. The lowest BCUT2D eigenvalue weighted by molar-refractivity contribution is -0.118. The van der Waals surface area contributed by atoms with E-state index < -0.39 is 0 Å². The largest absolute Gasteiger partial charge is 0.479 e. The summed E-state index contributed by atoms with van der Waals surface area (Å²) in [5.74, 6) is 0.833. The lowest BCUT2D eigenvalue weighted by atomic mass is 10.2. The number of rotatable bonds is 4. The van der Waals surface area contributed by atoms with Crippen LogP contribution in [0.15, 0.2) is 46.9 Å². The summed E-state index contributed by atoms with van der Waals surface area (Å²) in [6.45, 7) is 1.66. The number of para-hydroxylation sites is 1. The third-order valence-corrected chi connectivity index (χ3v) is 4.57. The van der Waals surface area contributed by atoms with Gasteiger partial charge in [-0.05, 0) is 31.2 Å². The molecule has 3 aromatic rings. The minimum absolute atomic E-state index is 0.0236. The summed E-state index contributed by atoms with van der Waals surface area (Å²) >= 11 is 6.19. The second-order valence-electron chi connectivity index (χ2n) is 6.25. The van der Waals surface area contributed by atoms with Gasteiger partial charge in [-0.1, -0.05) is 29.8 Å². The molecule has 0 saturated carbocycles. The molecule has 0 saturated heterocycles. The van der Waals surface area contributed by atoms with Crippen LogP contribution in [0.2, 0.25) is 5.02 Å². The van der Waals surface area contributed by atoms with Gasteiger partial charge in [0.05, 0.1) is 34.1 Å². The van der Waals surface area contributed by atoms with Crippen molar-refractivity contribution in [1.82, 2.24) is 4.98 Å². The molecule has 0 unspecified atom stereocenters. The van der Waals surface area contributed by atoms with Gasteiger partial charge in [-0.2, -0.15) is 0 Å². The molecule has 1 aromatic heterocycles. The van der Waals surface area contributed by atoms with Gasteiger partial charge in [0, 0.05) is 0 Å². The Morgan fingerprint density at radius 2 is 2.07 bits per heavy atom. The molecule has 0 fully saturated rings. The molecular weight excluding hydrogens is 382 g/mol. The zero-order valence-electron chi connectivity index (χ0n) is 14.9. The highest BCUT2D eigenvalue weighted by Gasteiger charge is 2.21. The molecule has 0 bridgehead atoms. The molecule has 4 rings (SSSR count). The molecule has 0 aliphatic carbocycles. The van der Waals surface area contributed by atoms with Gasteiger partial charge in [0.2, 0.25) is 11.8 Å². The van der Waals surface area contributed by atoms with E-state index in [9.17, 15) is 9.59 Å². The van der Waals surface area contributed by atoms with Crippen molar-refractivity contribution < 1.29 is 18.7 Å². The summed E-state index contributed by atoms with van der Waals surface area (Å²) in [6.07, 6.45) is 0.0236. The Labute approximate surface area is 165 Å². The fourth-order valence-electron chi connectivity index (χ4n) is 2.90. The molecule has 0 spiro atoms. The summed E-state index contributed by atoms with van der Waals surface area (Å²) < 4.78 is 11.1. The number of aromatic nitrogens is 1.